The Morgan fingerprint density at radius 3 is 2.64 bits per heavy atom. The van der Waals surface area contributed by atoms with Gasteiger partial charge in [-0.25, -0.2) is 0 Å². The Bertz CT molecular complexity index is 922. The van der Waals surface area contributed by atoms with Crippen molar-refractivity contribution >= 4 is 28.1 Å². The lowest BCUT2D eigenvalue weighted by atomic mass is 10.1. The number of carbonyl (C=O) groups excluding carboxylic acids is 1. The minimum Gasteiger partial charge on any atom is -0.296 e. The maximum absolute atomic E-state index is 12.2. The summed E-state index contributed by atoms with van der Waals surface area (Å²) in [5.41, 5.74) is 2.50. The lowest BCUT2D eigenvalue weighted by molar-refractivity contribution is -0.384. The number of benzene rings is 2. The average Bonchev–Trinajstić information content (AvgIpc) is 3.02. The number of carbonyl (C=O) groups is 1. The van der Waals surface area contributed by atoms with Crippen molar-refractivity contribution in [3.05, 3.63) is 80.3 Å². The molecule has 0 atom stereocenters. The van der Waals surface area contributed by atoms with Crippen molar-refractivity contribution in [3.63, 3.8) is 0 Å². The zero-order chi connectivity index (χ0) is 17.8. The normalized spacial score (nSPS) is 10.4. The second-order valence-electron chi connectivity index (χ2n) is 5.42. The van der Waals surface area contributed by atoms with Crippen molar-refractivity contribution in [2.24, 2.45) is 0 Å². The highest BCUT2D eigenvalue weighted by molar-refractivity contribution is 7.15. The third kappa shape index (κ3) is 4.24. The predicted octanol–water partition coefficient (Wildman–Crippen LogP) is 3.60. The van der Waals surface area contributed by atoms with E-state index in [1.165, 1.54) is 23.5 Å². The Kier molecular flexibility index (Phi) is 4.80. The van der Waals surface area contributed by atoms with E-state index >= 15 is 0 Å². The fourth-order valence-electron chi connectivity index (χ4n) is 2.24. The lowest BCUT2D eigenvalue weighted by Gasteiger charge is -2.01. The quantitative estimate of drug-likeness (QED) is 0.557. The molecule has 0 aliphatic carbocycles. The molecule has 3 rings (SSSR count). The minimum absolute atomic E-state index is 0.0483. The highest BCUT2D eigenvalue weighted by Crippen LogP contribution is 2.21. The van der Waals surface area contributed by atoms with Crippen LogP contribution in [0.4, 0.5) is 10.8 Å². The Morgan fingerprint density at radius 2 is 1.96 bits per heavy atom. The number of non-ortho nitro benzene ring substituents is 1. The van der Waals surface area contributed by atoms with Crippen molar-refractivity contribution in [1.82, 2.24) is 10.2 Å². The van der Waals surface area contributed by atoms with Crippen molar-refractivity contribution < 1.29 is 9.72 Å². The highest BCUT2D eigenvalue weighted by atomic mass is 32.1. The van der Waals surface area contributed by atoms with E-state index in [9.17, 15) is 14.9 Å². The molecule has 0 spiro atoms. The molecule has 2 aromatic carbocycles. The van der Waals surface area contributed by atoms with Crippen LogP contribution in [0, 0.1) is 17.0 Å². The van der Waals surface area contributed by atoms with E-state index in [0.717, 1.165) is 11.1 Å². The first-order valence-electron chi connectivity index (χ1n) is 7.45. The van der Waals surface area contributed by atoms with Gasteiger partial charge in [-0.2, -0.15) is 0 Å². The summed E-state index contributed by atoms with van der Waals surface area (Å²) in [5.74, 6) is -0.235. The summed E-state index contributed by atoms with van der Waals surface area (Å²) in [6.07, 6.45) is 0.496. The summed E-state index contributed by atoms with van der Waals surface area (Å²) in [5, 5.41) is 22.6. The number of nitrogens with zero attached hydrogens (tertiary/aromatic N) is 3. The van der Waals surface area contributed by atoms with E-state index < -0.39 is 4.92 Å². The molecule has 0 radical (unpaired) electrons. The van der Waals surface area contributed by atoms with Gasteiger partial charge in [0.1, 0.15) is 5.01 Å². The van der Waals surface area contributed by atoms with Gasteiger partial charge in [0, 0.05) is 24.1 Å². The van der Waals surface area contributed by atoms with E-state index in [1.54, 1.807) is 24.3 Å². The van der Waals surface area contributed by atoms with E-state index in [-0.39, 0.29) is 11.6 Å². The second-order valence-corrected chi connectivity index (χ2v) is 6.49. The van der Waals surface area contributed by atoms with E-state index in [2.05, 4.69) is 15.5 Å². The van der Waals surface area contributed by atoms with Crippen LogP contribution in [0.2, 0.25) is 0 Å². The molecule has 0 unspecified atom stereocenters. The fraction of sp³-hybridized carbons (Fsp3) is 0.118. The summed E-state index contributed by atoms with van der Waals surface area (Å²) >= 11 is 1.28. The third-order valence-corrected chi connectivity index (χ3v) is 4.31. The van der Waals surface area contributed by atoms with E-state index in [0.29, 0.717) is 22.1 Å². The topological polar surface area (TPSA) is 98.0 Å². The molecule has 1 heterocycles. The van der Waals surface area contributed by atoms with Gasteiger partial charge in [0.25, 0.3) is 11.6 Å². The zero-order valence-electron chi connectivity index (χ0n) is 13.3. The maximum atomic E-state index is 12.2. The molecule has 1 N–H and O–H groups in total. The smallest absolute Gasteiger partial charge is 0.269 e. The van der Waals surface area contributed by atoms with Gasteiger partial charge in [0.05, 0.1) is 4.92 Å². The number of amides is 1. The number of hydrogen-bond donors (Lipinski definition) is 1. The van der Waals surface area contributed by atoms with Crippen LogP contribution in [-0.4, -0.2) is 21.0 Å². The van der Waals surface area contributed by atoms with Crippen LogP contribution in [0.3, 0.4) is 0 Å². The average molecular weight is 354 g/mol. The van der Waals surface area contributed by atoms with Gasteiger partial charge in [0.2, 0.25) is 5.13 Å². The number of aryl methyl sites for hydroxylation is 1. The van der Waals surface area contributed by atoms with Crippen molar-refractivity contribution in [1.29, 1.82) is 0 Å². The molecule has 7 nitrogen and oxygen atoms in total. The van der Waals surface area contributed by atoms with Crippen LogP contribution in [0.1, 0.15) is 26.5 Å². The SMILES string of the molecule is Cc1cccc(C(=O)Nc2nnc(Cc3ccc([N+](=O)[O-])cc3)s2)c1. The lowest BCUT2D eigenvalue weighted by Crippen LogP contribution is -2.11. The van der Waals surface area contributed by atoms with Crippen LogP contribution < -0.4 is 5.32 Å². The molecule has 0 bridgehead atoms. The Labute approximate surface area is 147 Å². The molecule has 0 saturated carbocycles. The number of hydrogen-bond acceptors (Lipinski definition) is 6. The van der Waals surface area contributed by atoms with Crippen LogP contribution in [0.15, 0.2) is 48.5 Å². The van der Waals surface area contributed by atoms with Gasteiger partial charge in [-0.05, 0) is 24.6 Å². The minimum atomic E-state index is -0.437. The number of nitrogens with one attached hydrogen (secondary N) is 1. The summed E-state index contributed by atoms with van der Waals surface area (Å²) in [7, 11) is 0. The molecule has 0 aliphatic heterocycles. The maximum Gasteiger partial charge on any atom is 0.269 e. The molecule has 25 heavy (non-hydrogen) atoms. The first-order chi connectivity index (χ1) is 12.0. The third-order valence-electron chi connectivity index (χ3n) is 3.47. The molecular formula is C17H14N4O3S. The standard InChI is InChI=1S/C17H14N4O3S/c1-11-3-2-4-13(9-11)16(22)18-17-20-19-15(25-17)10-12-5-7-14(8-6-12)21(23)24/h2-9H,10H2,1H3,(H,18,20,22). The number of aromatic nitrogens is 2. The fourth-order valence-corrected chi connectivity index (χ4v) is 3.01. The summed E-state index contributed by atoms with van der Waals surface area (Å²) < 4.78 is 0. The van der Waals surface area contributed by atoms with E-state index in [4.69, 9.17) is 0 Å². The van der Waals surface area contributed by atoms with Crippen molar-refractivity contribution in [2.45, 2.75) is 13.3 Å². The molecule has 1 amide bonds. The van der Waals surface area contributed by atoms with Crippen molar-refractivity contribution in [2.75, 3.05) is 5.32 Å². The van der Waals surface area contributed by atoms with Crippen LogP contribution >= 0.6 is 11.3 Å². The molecule has 126 valence electrons. The van der Waals surface area contributed by atoms with Crippen LogP contribution in [0.25, 0.3) is 0 Å². The largest absolute Gasteiger partial charge is 0.296 e. The van der Waals surface area contributed by atoms with Crippen LogP contribution in [-0.2, 0) is 6.42 Å². The predicted molar refractivity (Wildman–Crippen MR) is 94.9 cm³/mol. The summed E-state index contributed by atoms with van der Waals surface area (Å²) in [4.78, 5) is 22.4. The number of rotatable bonds is 5. The molecule has 0 aliphatic rings. The van der Waals surface area contributed by atoms with Crippen LogP contribution in [0.5, 0.6) is 0 Å². The van der Waals surface area contributed by atoms with Gasteiger partial charge in [-0.1, -0.05) is 41.2 Å². The van der Waals surface area contributed by atoms with Gasteiger partial charge in [-0.3, -0.25) is 20.2 Å². The summed E-state index contributed by atoms with van der Waals surface area (Å²) in [6.45, 7) is 1.92. The van der Waals surface area contributed by atoms with Gasteiger partial charge in [0.15, 0.2) is 0 Å². The molecule has 3 aromatic rings. The monoisotopic (exact) mass is 354 g/mol. The number of nitro groups is 1. The van der Waals surface area contributed by atoms with Crippen molar-refractivity contribution in [3.8, 4) is 0 Å². The van der Waals surface area contributed by atoms with E-state index in [1.807, 2.05) is 19.1 Å². The second kappa shape index (κ2) is 7.18. The first kappa shape index (κ1) is 16.7. The highest BCUT2D eigenvalue weighted by Gasteiger charge is 2.11. The molecule has 8 heteroatoms. The molecular weight excluding hydrogens is 340 g/mol. The molecule has 1 aromatic heterocycles. The molecule has 0 fully saturated rings. The van der Waals surface area contributed by atoms with Gasteiger partial charge >= 0.3 is 0 Å². The van der Waals surface area contributed by atoms with Gasteiger partial charge < -0.3 is 0 Å². The first-order valence-corrected chi connectivity index (χ1v) is 8.26. The Hall–Kier alpha value is -3.13. The number of nitro benzene ring substituents is 1. The molecule has 0 saturated heterocycles. The van der Waals surface area contributed by atoms with Gasteiger partial charge in [-0.15, -0.1) is 10.2 Å². The Balaban J connectivity index is 1.66. The Morgan fingerprint density at radius 1 is 1.20 bits per heavy atom. The summed E-state index contributed by atoms with van der Waals surface area (Å²) in [6, 6.07) is 13.6. The number of anilines is 1. The zero-order valence-corrected chi connectivity index (χ0v) is 14.1.